The van der Waals surface area contributed by atoms with Gasteiger partial charge in [-0.2, -0.15) is 0 Å². The number of anilines is 2. The Morgan fingerprint density at radius 1 is 1.12 bits per heavy atom. The Bertz CT molecular complexity index is 745. The zero-order valence-electron chi connectivity index (χ0n) is 13.4. The van der Waals surface area contributed by atoms with Gasteiger partial charge in [0.25, 0.3) is 0 Å². The highest BCUT2D eigenvalue weighted by Gasteiger charge is 2.20. The van der Waals surface area contributed by atoms with E-state index in [1.807, 2.05) is 18.2 Å². The van der Waals surface area contributed by atoms with Crippen molar-refractivity contribution in [3.8, 4) is 0 Å². The van der Waals surface area contributed by atoms with Gasteiger partial charge in [0.1, 0.15) is 5.82 Å². The van der Waals surface area contributed by atoms with E-state index >= 15 is 0 Å². The number of halogens is 2. The molecule has 1 heterocycles. The van der Waals surface area contributed by atoms with Crippen molar-refractivity contribution in [2.24, 2.45) is 0 Å². The molecular formula is C18H19ClFN3S. The molecule has 0 saturated carbocycles. The Balaban J connectivity index is 1.61. The largest absolute Gasteiger partial charge is 0.368 e. The molecule has 0 atom stereocenters. The summed E-state index contributed by atoms with van der Waals surface area (Å²) in [6.07, 6.45) is 0. The average Bonchev–Trinajstić information content (AvgIpc) is 2.59. The number of para-hydroxylation sites is 1. The average molecular weight is 364 g/mol. The molecule has 1 saturated heterocycles. The standard InChI is InChI=1S/C18H19ClFN3S/c1-13-6-7-14(19)12-17(13)22-8-10-23(11-9-22)18(24)21-16-5-3-2-4-15(16)20/h2-7,12H,8-11H2,1H3,(H,21,24). The molecule has 3 rings (SSSR count). The maximum atomic E-state index is 13.7. The highest BCUT2D eigenvalue weighted by atomic mass is 35.5. The highest BCUT2D eigenvalue weighted by molar-refractivity contribution is 7.80. The number of thiocarbonyl (C=S) groups is 1. The normalized spacial score (nSPS) is 14.6. The van der Waals surface area contributed by atoms with Gasteiger partial charge in [0.2, 0.25) is 0 Å². The number of aryl methyl sites for hydroxylation is 1. The zero-order chi connectivity index (χ0) is 17.1. The minimum atomic E-state index is -0.298. The predicted octanol–water partition coefficient (Wildman–Crippen LogP) is 4.31. The number of piperazine rings is 1. The van der Waals surface area contributed by atoms with E-state index in [1.54, 1.807) is 18.2 Å². The van der Waals surface area contributed by atoms with Crippen molar-refractivity contribution < 1.29 is 4.39 Å². The van der Waals surface area contributed by atoms with Crippen LogP contribution in [0.15, 0.2) is 42.5 Å². The summed E-state index contributed by atoms with van der Waals surface area (Å²) in [4.78, 5) is 4.38. The van der Waals surface area contributed by atoms with Gasteiger partial charge in [-0.25, -0.2) is 4.39 Å². The molecule has 0 amide bonds. The first kappa shape index (κ1) is 17.0. The molecule has 6 heteroatoms. The summed E-state index contributed by atoms with van der Waals surface area (Å²) in [5, 5.41) is 4.30. The lowest BCUT2D eigenvalue weighted by Crippen LogP contribution is -2.50. The first-order chi connectivity index (χ1) is 11.5. The third-order valence-corrected chi connectivity index (χ3v) is 4.79. The van der Waals surface area contributed by atoms with Crippen molar-refractivity contribution >= 4 is 40.3 Å². The van der Waals surface area contributed by atoms with Gasteiger partial charge in [-0.15, -0.1) is 0 Å². The molecule has 2 aromatic carbocycles. The number of hydrogen-bond acceptors (Lipinski definition) is 2. The first-order valence-corrected chi connectivity index (χ1v) is 8.65. The fourth-order valence-corrected chi connectivity index (χ4v) is 3.29. The fraction of sp³-hybridized carbons (Fsp3) is 0.278. The third-order valence-electron chi connectivity index (χ3n) is 4.19. The van der Waals surface area contributed by atoms with Gasteiger partial charge < -0.3 is 15.1 Å². The van der Waals surface area contributed by atoms with Crippen LogP contribution in [0.5, 0.6) is 0 Å². The summed E-state index contributed by atoms with van der Waals surface area (Å²) in [5.41, 5.74) is 2.78. The second-order valence-corrected chi connectivity index (χ2v) is 6.64. The number of nitrogens with one attached hydrogen (secondary N) is 1. The van der Waals surface area contributed by atoms with E-state index in [1.165, 1.54) is 11.6 Å². The van der Waals surface area contributed by atoms with E-state index in [-0.39, 0.29) is 5.82 Å². The molecule has 0 bridgehead atoms. The van der Waals surface area contributed by atoms with Gasteiger partial charge in [0.05, 0.1) is 5.69 Å². The molecule has 1 aliphatic heterocycles. The molecule has 1 aliphatic rings. The number of nitrogens with zero attached hydrogens (tertiary/aromatic N) is 2. The molecule has 126 valence electrons. The summed E-state index contributed by atoms with van der Waals surface area (Å²) in [6, 6.07) is 12.5. The van der Waals surface area contributed by atoms with E-state index in [0.29, 0.717) is 10.8 Å². The highest BCUT2D eigenvalue weighted by Crippen LogP contribution is 2.25. The van der Waals surface area contributed by atoms with E-state index < -0.39 is 0 Å². The molecule has 0 aliphatic carbocycles. The Labute approximate surface area is 152 Å². The van der Waals surface area contributed by atoms with Gasteiger partial charge in [0, 0.05) is 36.9 Å². The fourth-order valence-electron chi connectivity index (χ4n) is 2.83. The molecule has 1 N–H and O–H groups in total. The number of hydrogen-bond donors (Lipinski definition) is 1. The molecular weight excluding hydrogens is 345 g/mol. The van der Waals surface area contributed by atoms with Crippen molar-refractivity contribution in [3.05, 3.63) is 58.9 Å². The number of benzene rings is 2. The van der Waals surface area contributed by atoms with Crippen molar-refractivity contribution in [2.45, 2.75) is 6.92 Å². The number of rotatable bonds is 2. The SMILES string of the molecule is Cc1ccc(Cl)cc1N1CCN(C(=S)Nc2ccccc2F)CC1. The summed E-state index contributed by atoms with van der Waals surface area (Å²) in [6.45, 7) is 5.35. The van der Waals surface area contributed by atoms with Crippen LogP contribution in [0.3, 0.4) is 0 Å². The molecule has 0 spiro atoms. The van der Waals surface area contributed by atoms with Crippen LogP contribution in [0.2, 0.25) is 5.02 Å². The smallest absolute Gasteiger partial charge is 0.173 e. The van der Waals surface area contributed by atoms with E-state index in [9.17, 15) is 4.39 Å². The molecule has 3 nitrogen and oxygen atoms in total. The first-order valence-electron chi connectivity index (χ1n) is 7.86. The van der Waals surface area contributed by atoms with Gasteiger partial charge in [-0.3, -0.25) is 0 Å². The molecule has 0 unspecified atom stereocenters. The predicted molar refractivity (Wildman–Crippen MR) is 103 cm³/mol. The van der Waals surface area contributed by atoms with Crippen molar-refractivity contribution in [2.75, 3.05) is 36.4 Å². The lowest BCUT2D eigenvalue weighted by molar-refractivity contribution is 0.390. The van der Waals surface area contributed by atoms with Crippen LogP contribution in [0.25, 0.3) is 0 Å². The van der Waals surface area contributed by atoms with Crippen LogP contribution in [-0.4, -0.2) is 36.2 Å². The Kier molecular flexibility index (Phi) is 5.21. The summed E-state index contributed by atoms with van der Waals surface area (Å²) >= 11 is 11.5. The lowest BCUT2D eigenvalue weighted by Gasteiger charge is -2.38. The van der Waals surface area contributed by atoms with Gasteiger partial charge in [-0.05, 0) is 49.0 Å². The quantitative estimate of drug-likeness (QED) is 0.801. The van der Waals surface area contributed by atoms with Crippen LogP contribution in [0.4, 0.5) is 15.8 Å². The zero-order valence-corrected chi connectivity index (χ0v) is 15.0. The van der Waals surface area contributed by atoms with Crippen LogP contribution in [0.1, 0.15) is 5.56 Å². The van der Waals surface area contributed by atoms with Gasteiger partial charge in [-0.1, -0.05) is 29.8 Å². The summed E-state index contributed by atoms with van der Waals surface area (Å²) < 4.78 is 13.7. The molecule has 0 radical (unpaired) electrons. The maximum absolute atomic E-state index is 13.7. The molecule has 0 aromatic heterocycles. The van der Waals surface area contributed by atoms with Crippen molar-refractivity contribution in [1.29, 1.82) is 0 Å². The molecule has 24 heavy (non-hydrogen) atoms. The molecule has 2 aromatic rings. The van der Waals surface area contributed by atoms with Crippen LogP contribution in [0, 0.1) is 12.7 Å². The summed E-state index contributed by atoms with van der Waals surface area (Å²) in [5.74, 6) is -0.298. The second kappa shape index (κ2) is 7.36. The van der Waals surface area contributed by atoms with Gasteiger partial charge in [0.15, 0.2) is 5.11 Å². The minimum absolute atomic E-state index is 0.298. The summed E-state index contributed by atoms with van der Waals surface area (Å²) in [7, 11) is 0. The van der Waals surface area contributed by atoms with Crippen molar-refractivity contribution in [3.63, 3.8) is 0 Å². The minimum Gasteiger partial charge on any atom is -0.368 e. The van der Waals surface area contributed by atoms with E-state index in [2.05, 4.69) is 22.0 Å². The topological polar surface area (TPSA) is 18.5 Å². The van der Waals surface area contributed by atoms with Crippen LogP contribution >= 0.6 is 23.8 Å². The van der Waals surface area contributed by atoms with Crippen LogP contribution < -0.4 is 10.2 Å². The van der Waals surface area contributed by atoms with E-state index in [0.717, 1.165) is 36.9 Å². The molecule has 1 fully saturated rings. The van der Waals surface area contributed by atoms with Crippen LogP contribution in [-0.2, 0) is 0 Å². The Morgan fingerprint density at radius 3 is 2.54 bits per heavy atom. The second-order valence-electron chi connectivity index (χ2n) is 5.81. The lowest BCUT2D eigenvalue weighted by atomic mass is 10.1. The Morgan fingerprint density at radius 2 is 1.83 bits per heavy atom. The monoisotopic (exact) mass is 363 g/mol. The maximum Gasteiger partial charge on any atom is 0.173 e. The van der Waals surface area contributed by atoms with Gasteiger partial charge >= 0.3 is 0 Å². The van der Waals surface area contributed by atoms with E-state index in [4.69, 9.17) is 23.8 Å². The third kappa shape index (κ3) is 3.79. The van der Waals surface area contributed by atoms with Crippen molar-refractivity contribution in [1.82, 2.24) is 4.90 Å². The Hall–Kier alpha value is -1.85.